The zero-order valence-corrected chi connectivity index (χ0v) is 19.3. The highest BCUT2D eigenvalue weighted by Crippen LogP contribution is 2.29. The van der Waals surface area contributed by atoms with Crippen LogP contribution in [-0.2, 0) is 13.6 Å². The van der Waals surface area contributed by atoms with Crippen molar-refractivity contribution in [1.82, 2.24) is 19.7 Å². The summed E-state index contributed by atoms with van der Waals surface area (Å²) in [5.41, 5.74) is 5.20. The Morgan fingerprint density at radius 3 is 2.45 bits per heavy atom. The van der Waals surface area contributed by atoms with E-state index in [-0.39, 0.29) is 5.91 Å². The summed E-state index contributed by atoms with van der Waals surface area (Å²) in [6, 6.07) is 18.7. The molecule has 0 radical (unpaired) electrons. The lowest BCUT2D eigenvalue weighted by Crippen LogP contribution is -2.48. The fourth-order valence-electron chi connectivity index (χ4n) is 5.18. The molecule has 6 nitrogen and oxygen atoms in total. The number of nitrogens with zero attached hydrogens (tertiary/aromatic N) is 4. The molecule has 33 heavy (non-hydrogen) atoms. The lowest BCUT2D eigenvalue weighted by atomic mass is 9.90. The van der Waals surface area contributed by atoms with E-state index in [2.05, 4.69) is 39.1 Å². The number of aryl methyl sites for hydroxylation is 1. The summed E-state index contributed by atoms with van der Waals surface area (Å²) < 4.78 is 2.07. The molecule has 3 heterocycles. The van der Waals surface area contributed by atoms with Gasteiger partial charge in [-0.15, -0.1) is 0 Å². The van der Waals surface area contributed by atoms with Gasteiger partial charge in [0.1, 0.15) is 5.69 Å². The van der Waals surface area contributed by atoms with E-state index < -0.39 is 0 Å². The number of piperidine rings is 1. The lowest BCUT2D eigenvalue weighted by Gasteiger charge is -2.34. The molecule has 5 rings (SSSR count). The Kier molecular flexibility index (Phi) is 6.17. The molecule has 0 saturated carbocycles. The van der Waals surface area contributed by atoms with Gasteiger partial charge in [-0.3, -0.25) is 9.69 Å². The zero-order chi connectivity index (χ0) is 22.8. The van der Waals surface area contributed by atoms with E-state index >= 15 is 0 Å². The topological polar surface area (TPSA) is 64.3 Å². The van der Waals surface area contributed by atoms with Gasteiger partial charge in [0.25, 0.3) is 5.91 Å². The first-order valence-electron chi connectivity index (χ1n) is 11.9. The fraction of sp³-hybridized carbons (Fsp3) is 0.407. The Labute approximate surface area is 195 Å². The number of hydrogen-bond acceptors (Lipinski definition) is 4. The molecule has 0 unspecified atom stereocenters. The van der Waals surface area contributed by atoms with Gasteiger partial charge in [-0.2, -0.15) is 5.26 Å². The normalized spacial score (nSPS) is 17.9. The van der Waals surface area contributed by atoms with Crippen LogP contribution in [0.4, 0.5) is 0 Å². The summed E-state index contributed by atoms with van der Waals surface area (Å²) >= 11 is 0. The van der Waals surface area contributed by atoms with E-state index in [0.29, 0.717) is 11.5 Å². The van der Waals surface area contributed by atoms with Gasteiger partial charge in [-0.05, 0) is 67.2 Å². The van der Waals surface area contributed by atoms with Gasteiger partial charge in [0.15, 0.2) is 0 Å². The number of rotatable bonds is 4. The van der Waals surface area contributed by atoms with Crippen molar-refractivity contribution in [2.24, 2.45) is 7.05 Å². The van der Waals surface area contributed by atoms with Gasteiger partial charge < -0.3 is 14.8 Å². The summed E-state index contributed by atoms with van der Waals surface area (Å²) in [4.78, 5) is 17.7. The minimum absolute atomic E-state index is 0.120. The summed E-state index contributed by atoms with van der Waals surface area (Å²) in [6.07, 6.45) is 2.35. The number of amides is 1. The number of benzene rings is 2. The maximum absolute atomic E-state index is 13.4. The Morgan fingerprint density at radius 2 is 1.76 bits per heavy atom. The van der Waals surface area contributed by atoms with Crippen LogP contribution in [0.5, 0.6) is 0 Å². The van der Waals surface area contributed by atoms with E-state index in [9.17, 15) is 4.79 Å². The second-order valence-corrected chi connectivity index (χ2v) is 9.31. The highest BCUT2D eigenvalue weighted by atomic mass is 16.2. The molecule has 1 amide bonds. The van der Waals surface area contributed by atoms with Gasteiger partial charge >= 0.3 is 0 Å². The number of carbonyl (C=O) groups is 1. The Morgan fingerprint density at radius 1 is 1.03 bits per heavy atom. The van der Waals surface area contributed by atoms with Crippen LogP contribution >= 0.6 is 0 Å². The predicted octanol–water partition coefficient (Wildman–Crippen LogP) is 3.47. The molecule has 2 saturated heterocycles. The van der Waals surface area contributed by atoms with Crippen molar-refractivity contribution in [3.63, 3.8) is 0 Å². The van der Waals surface area contributed by atoms with Crippen LogP contribution in [0.2, 0.25) is 0 Å². The van der Waals surface area contributed by atoms with E-state index in [1.54, 1.807) is 0 Å². The van der Waals surface area contributed by atoms with Gasteiger partial charge in [0, 0.05) is 50.7 Å². The average molecular weight is 442 g/mol. The van der Waals surface area contributed by atoms with Crippen molar-refractivity contribution >= 4 is 16.8 Å². The van der Waals surface area contributed by atoms with Crippen molar-refractivity contribution in [2.75, 3.05) is 39.3 Å². The Balaban J connectivity index is 1.25. The molecule has 1 aromatic heterocycles. The Hall–Kier alpha value is -3.14. The number of aromatic nitrogens is 1. The molecule has 1 N–H and O–H groups in total. The van der Waals surface area contributed by atoms with Gasteiger partial charge in [0.05, 0.1) is 11.6 Å². The second kappa shape index (κ2) is 9.38. The first-order valence-corrected chi connectivity index (χ1v) is 11.9. The monoisotopic (exact) mass is 441 g/mol. The Bertz CT molecular complexity index is 1180. The van der Waals surface area contributed by atoms with Crippen LogP contribution < -0.4 is 5.32 Å². The molecule has 0 atom stereocenters. The van der Waals surface area contributed by atoms with E-state index in [0.717, 1.165) is 62.4 Å². The number of carbonyl (C=O) groups excluding carboxylic acids is 1. The second-order valence-electron chi connectivity index (χ2n) is 9.31. The first kappa shape index (κ1) is 21.7. The van der Waals surface area contributed by atoms with Crippen molar-refractivity contribution in [1.29, 1.82) is 5.26 Å². The predicted molar refractivity (Wildman–Crippen MR) is 130 cm³/mol. The summed E-state index contributed by atoms with van der Waals surface area (Å²) in [7, 11) is 2.02. The maximum atomic E-state index is 13.4. The summed E-state index contributed by atoms with van der Waals surface area (Å²) in [5.74, 6) is 0.726. The quantitative estimate of drug-likeness (QED) is 0.673. The number of hydrogen-bond donors (Lipinski definition) is 1. The SMILES string of the molecule is Cn1c(C(=O)N2CCN(Cc3ccc(C#N)cc3)CC2)cc2ccc(C3CCNCC3)cc21. The van der Waals surface area contributed by atoms with E-state index in [1.807, 2.05) is 42.3 Å². The maximum Gasteiger partial charge on any atom is 0.270 e. The molecule has 2 aromatic carbocycles. The number of nitriles is 1. The first-order chi connectivity index (χ1) is 16.1. The van der Waals surface area contributed by atoms with Crippen LogP contribution in [0.3, 0.4) is 0 Å². The molecule has 3 aromatic rings. The molecule has 2 fully saturated rings. The minimum Gasteiger partial charge on any atom is -0.340 e. The van der Waals surface area contributed by atoms with Gasteiger partial charge in [-0.1, -0.05) is 24.3 Å². The highest BCUT2D eigenvalue weighted by molar-refractivity contribution is 5.99. The summed E-state index contributed by atoms with van der Waals surface area (Å²) in [5, 5.41) is 13.5. The third-order valence-corrected chi connectivity index (χ3v) is 7.25. The van der Waals surface area contributed by atoms with Crippen LogP contribution in [0.1, 0.15) is 45.9 Å². The molecule has 0 aliphatic carbocycles. The third kappa shape index (κ3) is 4.52. The van der Waals surface area contributed by atoms with Gasteiger partial charge in [-0.25, -0.2) is 0 Å². The summed E-state index contributed by atoms with van der Waals surface area (Å²) in [6.45, 7) is 6.19. The molecule has 170 valence electrons. The zero-order valence-electron chi connectivity index (χ0n) is 19.3. The van der Waals surface area contributed by atoms with Crippen LogP contribution in [0, 0.1) is 11.3 Å². The molecule has 2 aliphatic heterocycles. The third-order valence-electron chi connectivity index (χ3n) is 7.25. The largest absolute Gasteiger partial charge is 0.340 e. The van der Waals surface area contributed by atoms with Crippen molar-refractivity contribution in [3.05, 3.63) is 70.9 Å². The van der Waals surface area contributed by atoms with Crippen LogP contribution in [-0.4, -0.2) is 59.5 Å². The molecular weight excluding hydrogens is 410 g/mol. The van der Waals surface area contributed by atoms with Crippen molar-refractivity contribution < 1.29 is 4.79 Å². The number of fused-ring (bicyclic) bond motifs is 1. The van der Waals surface area contributed by atoms with Crippen molar-refractivity contribution in [2.45, 2.75) is 25.3 Å². The minimum atomic E-state index is 0.120. The lowest BCUT2D eigenvalue weighted by molar-refractivity contribution is 0.0619. The number of piperazine rings is 1. The molecule has 6 heteroatoms. The van der Waals surface area contributed by atoms with Crippen LogP contribution in [0.25, 0.3) is 10.9 Å². The van der Waals surface area contributed by atoms with Crippen LogP contribution in [0.15, 0.2) is 48.5 Å². The fourth-order valence-corrected chi connectivity index (χ4v) is 5.18. The molecule has 0 spiro atoms. The average Bonchev–Trinajstić information content (AvgIpc) is 3.21. The highest BCUT2D eigenvalue weighted by Gasteiger charge is 2.25. The molecule has 0 bridgehead atoms. The number of nitrogens with one attached hydrogen (secondary N) is 1. The van der Waals surface area contributed by atoms with Gasteiger partial charge in [0.2, 0.25) is 0 Å². The standard InChI is InChI=1S/C27H31N5O/c1-30-25-16-23(22-8-10-29-11-9-22)6-7-24(25)17-26(30)27(33)32-14-12-31(13-15-32)19-21-4-2-20(18-28)3-5-21/h2-7,16-17,22,29H,8-15,19H2,1H3. The molecular formula is C27H31N5O. The van der Waals surface area contributed by atoms with E-state index in [1.165, 1.54) is 24.0 Å². The molecule has 2 aliphatic rings. The van der Waals surface area contributed by atoms with E-state index in [4.69, 9.17) is 5.26 Å². The van der Waals surface area contributed by atoms with Crippen molar-refractivity contribution in [3.8, 4) is 6.07 Å². The smallest absolute Gasteiger partial charge is 0.270 e.